The van der Waals surface area contributed by atoms with Crippen LogP contribution >= 0.6 is 0 Å². The fourth-order valence-electron chi connectivity index (χ4n) is 4.16. The molecule has 34 heavy (non-hydrogen) atoms. The molecule has 0 aromatic heterocycles. The fourth-order valence-corrected chi connectivity index (χ4v) is 4.16. The molecule has 3 aromatic rings. The molecule has 0 saturated carbocycles. The van der Waals surface area contributed by atoms with E-state index in [1.165, 1.54) is 6.92 Å². The first-order chi connectivity index (χ1) is 16.5. The molecule has 4 rings (SSSR count). The Kier molecular flexibility index (Phi) is 6.92. The van der Waals surface area contributed by atoms with E-state index < -0.39 is 30.0 Å². The van der Waals surface area contributed by atoms with Crippen LogP contribution in [-0.4, -0.2) is 35.8 Å². The lowest BCUT2D eigenvalue weighted by Crippen LogP contribution is -2.48. The molecule has 0 radical (unpaired) electrons. The van der Waals surface area contributed by atoms with Gasteiger partial charge in [-0.1, -0.05) is 78.9 Å². The number of carbonyl (C=O) groups excluding carboxylic acids is 2. The maximum Gasteiger partial charge on any atom is 0.407 e. The van der Waals surface area contributed by atoms with E-state index in [0.717, 1.165) is 27.8 Å². The van der Waals surface area contributed by atoms with Gasteiger partial charge in [0, 0.05) is 5.92 Å². The smallest absolute Gasteiger partial charge is 0.407 e. The number of rotatable bonds is 8. The van der Waals surface area contributed by atoms with E-state index in [9.17, 15) is 19.5 Å². The van der Waals surface area contributed by atoms with Gasteiger partial charge < -0.3 is 19.9 Å². The predicted molar refractivity (Wildman–Crippen MR) is 125 cm³/mol. The number of ether oxygens (including phenoxy) is 2. The zero-order chi connectivity index (χ0) is 24.1. The minimum Gasteiger partial charge on any atom is -0.480 e. The topological polar surface area (TPSA) is 102 Å². The van der Waals surface area contributed by atoms with E-state index in [4.69, 9.17) is 9.47 Å². The predicted octanol–water partition coefficient (Wildman–Crippen LogP) is 4.36. The molecule has 0 aliphatic heterocycles. The average molecular weight is 459 g/mol. The molecular weight excluding hydrogens is 434 g/mol. The summed E-state index contributed by atoms with van der Waals surface area (Å²) < 4.78 is 10.6. The van der Waals surface area contributed by atoms with Gasteiger partial charge in [0.25, 0.3) is 0 Å². The van der Waals surface area contributed by atoms with Gasteiger partial charge in [-0.15, -0.1) is 0 Å². The molecule has 0 fully saturated rings. The van der Waals surface area contributed by atoms with Crippen molar-refractivity contribution in [2.75, 3.05) is 6.61 Å². The summed E-state index contributed by atoms with van der Waals surface area (Å²) in [6.45, 7) is 1.45. The normalized spacial score (nSPS) is 13.8. The molecule has 0 spiro atoms. The molecule has 7 heteroatoms. The minimum atomic E-state index is -1.49. The highest BCUT2D eigenvalue weighted by molar-refractivity contribution is 5.86. The van der Waals surface area contributed by atoms with Crippen molar-refractivity contribution < 1.29 is 29.0 Å². The Morgan fingerprint density at radius 2 is 1.41 bits per heavy atom. The third kappa shape index (κ3) is 4.93. The van der Waals surface area contributed by atoms with Gasteiger partial charge in [-0.3, -0.25) is 4.79 Å². The van der Waals surface area contributed by atoms with E-state index in [1.54, 1.807) is 12.1 Å². The molecular formula is C27H25NO6. The third-order valence-corrected chi connectivity index (χ3v) is 5.98. The molecule has 2 N–H and O–H groups in total. The number of hydrogen-bond acceptors (Lipinski definition) is 5. The Balaban J connectivity index is 1.37. The summed E-state index contributed by atoms with van der Waals surface area (Å²) >= 11 is 0. The van der Waals surface area contributed by atoms with Gasteiger partial charge in [-0.05, 0) is 34.7 Å². The largest absolute Gasteiger partial charge is 0.480 e. The number of aliphatic carboxylic acids is 1. The number of carbonyl (C=O) groups is 3. The second-order valence-electron chi connectivity index (χ2n) is 8.17. The van der Waals surface area contributed by atoms with Crippen LogP contribution < -0.4 is 5.32 Å². The van der Waals surface area contributed by atoms with Gasteiger partial charge in [0.15, 0.2) is 0 Å². The number of hydrogen-bond donors (Lipinski definition) is 2. The first-order valence-corrected chi connectivity index (χ1v) is 11.0. The number of nitrogens with one attached hydrogen (secondary N) is 1. The zero-order valence-electron chi connectivity index (χ0n) is 18.6. The van der Waals surface area contributed by atoms with Crippen molar-refractivity contribution >= 4 is 18.0 Å². The van der Waals surface area contributed by atoms with Gasteiger partial charge in [0.05, 0.1) is 5.92 Å². The van der Waals surface area contributed by atoms with Crippen LogP contribution in [-0.2, 0) is 25.7 Å². The molecule has 0 heterocycles. The lowest BCUT2D eigenvalue weighted by molar-refractivity contribution is -0.155. The van der Waals surface area contributed by atoms with Gasteiger partial charge in [-0.25, -0.2) is 9.59 Å². The van der Waals surface area contributed by atoms with E-state index in [-0.39, 0.29) is 19.1 Å². The number of fused-ring (bicyclic) bond motifs is 3. The number of benzene rings is 3. The van der Waals surface area contributed by atoms with E-state index in [0.29, 0.717) is 0 Å². The molecule has 1 amide bonds. The molecule has 1 aliphatic rings. The SMILES string of the molecule is CC(C(=O)OCc1ccccc1)[C@@H](NC(=O)OCC1c2ccccc2-c2ccccc21)C(=O)O. The summed E-state index contributed by atoms with van der Waals surface area (Å²) in [5, 5.41) is 11.9. The van der Waals surface area contributed by atoms with Gasteiger partial charge in [0.1, 0.15) is 19.3 Å². The van der Waals surface area contributed by atoms with Crippen LogP contribution in [0.25, 0.3) is 11.1 Å². The molecule has 3 aromatic carbocycles. The Morgan fingerprint density at radius 3 is 2.00 bits per heavy atom. The Bertz CT molecular complexity index is 1150. The summed E-state index contributed by atoms with van der Waals surface area (Å²) in [4.78, 5) is 36.7. The summed E-state index contributed by atoms with van der Waals surface area (Å²) in [5.74, 6) is -3.34. The van der Waals surface area contributed by atoms with Crippen LogP contribution in [0.3, 0.4) is 0 Å². The van der Waals surface area contributed by atoms with Crippen LogP contribution in [0.2, 0.25) is 0 Å². The number of carboxylic acid groups (broad SMARTS) is 1. The van der Waals surface area contributed by atoms with E-state index in [2.05, 4.69) is 5.32 Å². The molecule has 1 aliphatic carbocycles. The van der Waals surface area contributed by atoms with Crippen molar-refractivity contribution in [3.05, 3.63) is 95.6 Å². The maximum atomic E-state index is 12.5. The Morgan fingerprint density at radius 1 is 0.853 bits per heavy atom. The maximum absolute atomic E-state index is 12.5. The van der Waals surface area contributed by atoms with E-state index in [1.807, 2.05) is 66.7 Å². The molecule has 174 valence electrons. The second-order valence-corrected chi connectivity index (χ2v) is 8.17. The monoisotopic (exact) mass is 459 g/mol. The minimum absolute atomic E-state index is 0.0152. The number of carboxylic acids is 1. The fraction of sp³-hybridized carbons (Fsp3) is 0.222. The lowest BCUT2D eigenvalue weighted by Gasteiger charge is -2.21. The van der Waals surface area contributed by atoms with E-state index >= 15 is 0 Å². The summed E-state index contributed by atoms with van der Waals surface area (Å²) in [6.07, 6.45) is -0.906. The van der Waals surface area contributed by atoms with Gasteiger partial charge in [-0.2, -0.15) is 0 Å². The van der Waals surface area contributed by atoms with Crippen LogP contribution in [0.15, 0.2) is 78.9 Å². The Labute approximate surface area is 197 Å². The first-order valence-electron chi connectivity index (χ1n) is 11.0. The number of esters is 1. The highest BCUT2D eigenvalue weighted by Crippen LogP contribution is 2.44. The average Bonchev–Trinajstić information content (AvgIpc) is 3.18. The molecule has 0 saturated heterocycles. The molecule has 7 nitrogen and oxygen atoms in total. The summed E-state index contributed by atoms with van der Waals surface area (Å²) in [5.41, 5.74) is 5.04. The van der Waals surface area contributed by atoms with Crippen molar-refractivity contribution in [3.63, 3.8) is 0 Å². The van der Waals surface area contributed by atoms with Crippen LogP contribution in [0.5, 0.6) is 0 Å². The number of amides is 1. The number of alkyl carbamates (subject to hydrolysis) is 1. The highest BCUT2D eigenvalue weighted by Gasteiger charge is 2.34. The van der Waals surface area contributed by atoms with Crippen molar-refractivity contribution in [3.8, 4) is 11.1 Å². The standard InChI is InChI=1S/C27H25NO6/c1-17(26(31)33-15-18-9-3-2-4-10-18)24(25(29)30)28-27(32)34-16-23-21-13-7-5-11-19(21)20-12-6-8-14-22(20)23/h2-14,17,23-24H,15-16H2,1H3,(H,28,32)(H,29,30)/t17?,24-/m1/s1. The summed E-state index contributed by atoms with van der Waals surface area (Å²) in [6, 6.07) is 23.4. The van der Waals surface area contributed by atoms with Crippen molar-refractivity contribution in [2.45, 2.75) is 25.5 Å². The summed E-state index contributed by atoms with van der Waals surface area (Å²) in [7, 11) is 0. The molecule has 0 bridgehead atoms. The van der Waals surface area contributed by atoms with Crippen LogP contribution in [0.1, 0.15) is 29.5 Å². The lowest BCUT2D eigenvalue weighted by atomic mass is 9.98. The highest BCUT2D eigenvalue weighted by atomic mass is 16.6. The Hall–Kier alpha value is -4.13. The second kappa shape index (κ2) is 10.2. The van der Waals surface area contributed by atoms with Gasteiger partial charge >= 0.3 is 18.0 Å². The first kappa shape index (κ1) is 23.0. The van der Waals surface area contributed by atoms with Crippen molar-refractivity contribution in [1.82, 2.24) is 5.32 Å². The third-order valence-electron chi connectivity index (χ3n) is 5.98. The van der Waals surface area contributed by atoms with Crippen molar-refractivity contribution in [1.29, 1.82) is 0 Å². The van der Waals surface area contributed by atoms with Crippen LogP contribution in [0, 0.1) is 5.92 Å². The quantitative estimate of drug-likeness (QED) is 0.486. The molecule has 2 atom stereocenters. The van der Waals surface area contributed by atoms with Gasteiger partial charge in [0.2, 0.25) is 0 Å². The van der Waals surface area contributed by atoms with Crippen molar-refractivity contribution in [2.24, 2.45) is 5.92 Å². The zero-order valence-corrected chi connectivity index (χ0v) is 18.6. The molecule has 1 unspecified atom stereocenters. The van der Waals surface area contributed by atoms with Crippen LogP contribution in [0.4, 0.5) is 4.79 Å².